The summed E-state index contributed by atoms with van der Waals surface area (Å²) in [4.78, 5) is 10.6. The third kappa shape index (κ3) is 4.09. The first kappa shape index (κ1) is 17.9. The molecule has 1 aromatic rings. The number of halogens is 6. The van der Waals surface area contributed by atoms with Gasteiger partial charge in [0.05, 0.1) is 0 Å². The average Bonchev–Trinajstić information content (AvgIpc) is 2.35. The molecular weight excluding hydrogens is 485 g/mol. The van der Waals surface area contributed by atoms with Crippen molar-refractivity contribution in [2.45, 2.75) is 15.5 Å². The van der Waals surface area contributed by atoms with Crippen LogP contribution < -0.4 is 8.27 Å². The molecule has 22 heavy (non-hydrogen) atoms. The fourth-order valence-corrected chi connectivity index (χ4v) is 6.77. The van der Waals surface area contributed by atoms with E-state index in [0.717, 1.165) is 6.07 Å². The van der Waals surface area contributed by atoms with Crippen LogP contribution in [0.15, 0.2) is 17.0 Å². The molecule has 0 saturated heterocycles. The van der Waals surface area contributed by atoms with Gasteiger partial charge in [-0.3, -0.25) is 0 Å². The van der Waals surface area contributed by atoms with Crippen molar-refractivity contribution in [3.8, 4) is 5.75 Å². The van der Waals surface area contributed by atoms with Gasteiger partial charge in [-0.2, -0.15) is 0 Å². The minimum absolute atomic E-state index is 0.0331. The Hall–Kier alpha value is -0.460. The zero-order chi connectivity index (χ0) is 16.7. The van der Waals surface area contributed by atoms with E-state index in [1.54, 1.807) is 0 Å². The van der Waals surface area contributed by atoms with Crippen molar-refractivity contribution in [3.63, 3.8) is 0 Å². The number of fused-ring (bicyclic) bond motifs is 1. The second-order valence-electron chi connectivity index (χ2n) is 4.09. The average molecular weight is 492 g/mol. The predicted octanol–water partition coefficient (Wildman–Crippen LogP) is 3.22. The summed E-state index contributed by atoms with van der Waals surface area (Å²) in [5.41, 5.74) is 0.311. The molecule has 0 aliphatic carbocycles. The van der Waals surface area contributed by atoms with Gasteiger partial charge in [0.25, 0.3) is 0 Å². The predicted molar refractivity (Wildman–Crippen MR) is 81.9 cm³/mol. The molecule has 0 unspecified atom stereocenters. The van der Waals surface area contributed by atoms with Crippen LogP contribution in [0.25, 0.3) is 0 Å². The molecule has 124 valence electrons. The number of amides is 1. The molecule has 0 radical (unpaired) electrons. The molecule has 1 aliphatic rings. The SMILES string of the molecule is O=C(NI1COc2c(cc(Cl)cc2S(=O)(=O)Cl)C1)C(F)(F)F. The van der Waals surface area contributed by atoms with Gasteiger partial charge >= 0.3 is 141 Å². The maximum absolute atomic E-state index is 12.2. The van der Waals surface area contributed by atoms with Crippen molar-refractivity contribution in [2.24, 2.45) is 0 Å². The minimum atomic E-state index is -4.98. The van der Waals surface area contributed by atoms with Crippen molar-refractivity contribution in [3.05, 3.63) is 22.7 Å². The van der Waals surface area contributed by atoms with E-state index in [2.05, 4.69) is 0 Å². The monoisotopic (exact) mass is 491 g/mol. The Balaban J connectivity index is 2.29. The first-order chi connectivity index (χ1) is 9.98. The summed E-state index contributed by atoms with van der Waals surface area (Å²) >= 11 is 3.14. The molecule has 0 atom stereocenters. The summed E-state index contributed by atoms with van der Waals surface area (Å²) in [6, 6.07) is 2.48. The van der Waals surface area contributed by atoms with E-state index < -0.39 is 41.2 Å². The molecule has 2 rings (SSSR count). The van der Waals surface area contributed by atoms with Gasteiger partial charge in [0, 0.05) is 0 Å². The van der Waals surface area contributed by atoms with Gasteiger partial charge in [-0.05, 0) is 0 Å². The van der Waals surface area contributed by atoms with Crippen LogP contribution in [0.4, 0.5) is 13.2 Å². The number of benzene rings is 1. The molecule has 1 N–H and O–H groups in total. The Morgan fingerprint density at radius 2 is 2.00 bits per heavy atom. The van der Waals surface area contributed by atoms with E-state index in [9.17, 15) is 26.4 Å². The standard InChI is InChI=1S/C10H7Cl2F3INO4S/c11-6-1-5-3-16(17-9(18)10(13,14)15)4-21-8(5)7(2-6)22(12,19)20/h1-2H,3-4H2,(H,17,18). The fraction of sp³-hybridized carbons (Fsp3) is 0.300. The van der Waals surface area contributed by atoms with E-state index in [4.69, 9.17) is 27.0 Å². The molecule has 0 aromatic heterocycles. The number of carbonyl (C=O) groups is 1. The first-order valence-electron chi connectivity index (χ1n) is 5.38. The van der Waals surface area contributed by atoms with Crippen LogP contribution in [0.3, 0.4) is 0 Å². The van der Waals surface area contributed by atoms with Crippen molar-refractivity contribution < 1.29 is 31.1 Å². The van der Waals surface area contributed by atoms with Gasteiger partial charge in [-0.25, -0.2) is 0 Å². The normalized spacial score (nSPS) is 16.7. The molecule has 0 bridgehead atoms. The van der Waals surface area contributed by atoms with Crippen LogP contribution in [0.2, 0.25) is 5.02 Å². The summed E-state index contributed by atoms with van der Waals surface area (Å²) in [5.74, 6) is -2.06. The van der Waals surface area contributed by atoms with Gasteiger partial charge in [-0.15, -0.1) is 0 Å². The zero-order valence-corrected chi connectivity index (χ0v) is 14.9. The quantitative estimate of drug-likeness (QED) is 0.298. The maximum atomic E-state index is 12.2. The first-order valence-corrected chi connectivity index (χ1v) is 12.2. The second-order valence-corrected chi connectivity index (χ2v) is 11.6. The molecule has 0 saturated carbocycles. The molecule has 1 aromatic carbocycles. The van der Waals surface area contributed by atoms with Crippen LogP contribution in [0, 0.1) is 0 Å². The van der Waals surface area contributed by atoms with Gasteiger partial charge in [0.1, 0.15) is 0 Å². The summed E-state index contributed by atoms with van der Waals surface area (Å²) in [5, 5.41) is 0.0569. The summed E-state index contributed by atoms with van der Waals surface area (Å²) < 4.78 is 66.7. The van der Waals surface area contributed by atoms with Crippen LogP contribution in [-0.2, 0) is 18.3 Å². The van der Waals surface area contributed by atoms with Crippen molar-refractivity contribution in [2.75, 3.05) is 4.61 Å². The van der Waals surface area contributed by atoms with Crippen LogP contribution in [0.1, 0.15) is 5.56 Å². The molecule has 1 heterocycles. The molecular formula is C10H7Cl2F3INO4S. The topological polar surface area (TPSA) is 72.5 Å². The Labute approximate surface area is 140 Å². The summed E-state index contributed by atoms with van der Waals surface area (Å²) in [6.45, 7) is 0. The van der Waals surface area contributed by atoms with Crippen LogP contribution >= 0.6 is 42.4 Å². The zero-order valence-electron chi connectivity index (χ0n) is 10.4. The molecule has 5 nitrogen and oxygen atoms in total. The van der Waals surface area contributed by atoms with Crippen LogP contribution in [0.5, 0.6) is 5.75 Å². The number of ether oxygens (including phenoxy) is 1. The summed E-state index contributed by atoms with van der Waals surface area (Å²) in [7, 11) is 1.16. The van der Waals surface area contributed by atoms with E-state index in [1.807, 2.05) is 3.53 Å². The van der Waals surface area contributed by atoms with Crippen molar-refractivity contribution in [1.82, 2.24) is 3.53 Å². The Morgan fingerprint density at radius 1 is 1.36 bits per heavy atom. The van der Waals surface area contributed by atoms with E-state index in [0.29, 0.717) is 5.56 Å². The number of carbonyl (C=O) groups excluding carboxylic acids is 1. The van der Waals surface area contributed by atoms with E-state index in [-0.39, 0.29) is 24.7 Å². The van der Waals surface area contributed by atoms with Crippen LogP contribution in [-0.4, -0.2) is 25.1 Å². The Morgan fingerprint density at radius 3 is 2.55 bits per heavy atom. The number of nitrogens with one attached hydrogen (secondary N) is 1. The summed E-state index contributed by atoms with van der Waals surface area (Å²) in [6.07, 6.45) is -4.98. The van der Waals surface area contributed by atoms with Gasteiger partial charge < -0.3 is 0 Å². The number of hydrogen-bond acceptors (Lipinski definition) is 4. The van der Waals surface area contributed by atoms with Gasteiger partial charge in [0.2, 0.25) is 0 Å². The molecule has 0 spiro atoms. The number of rotatable bonds is 2. The molecule has 1 aliphatic heterocycles. The molecule has 0 fully saturated rings. The molecule has 1 amide bonds. The second kappa shape index (κ2) is 6.21. The number of alkyl halides is 5. The van der Waals surface area contributed by atoms with E-state index >= 15 is 0 Å². The van der Waals surface area contributed by atoms with E-state index in [1.165, 1.54) is 6.07 Å². The Kier molecular flexibility index (Phi) is 5.05. The number of hydrogen-bond donors (Lipinski definition) is 1. The van der Waals surface area contributed by atoms with Crippen molar-refractivity contribution >= 4 is 57.3 Å². The third-order valence-corrected chi connectivity index (χ3v) is 8.08. The van der Waals surface area contributed by atoms with Gasteiger partial charge in [0.15, 0.2) is 0 Å². The third-order valence-electron chi connectivity index (χ3n) is 2.47. The fourth-order valence-electron chi connectivity index (χ4n) is 1.64. The molecule has 12 heteroatoms. The van der Waals surface area contributed by atoms with Gasteiger partial charge in [-0.1, -0.05) is 0 Å². The Bertz CT molecular complexity index is 726. The van der Waals surface area contributed by atoms with Crippen molar-refractivity contribution in [1.29, 1.82) is 0 Å².